The summed E-state index contributed by atoms with van der Waals surface area (Å²) in [5, 5.41) is 24.9. The molecule has 2 aromatic rings. The second kappa shape index (κ2) is 6.32. The third-order valence-corrected chi connectivity index (χ3v) is 3.18. The summed E-state index contributed by atoms with van der Waals surface area (Å²) < 4.78 is 38.4. The SMILES string of the molecule is O=[N+]([O-])c1cc(C(F)(F)F)cc([N+](=O)[O-])c1Nc1ccc(Cl)cc1. The molecule has 0 amide bonds. The number of rotatable bonds is 4. The van der Waals surface area contributed by atoms with Crippen LogP contribution in [0.1, 0.15) is 5.56 Å². The highest BCUT2D eigenvalue weighted by Crippen LogP contribution is 2.42. The molecule has 0 fully saturated rings. The lowest BCUT2D eigenvalue weighted by molar-refractivity contribution is -0.392. The van der Waals surface area contributed by atoms with Crippen molar-refractivity contribution in [2.45, 2.75) is 6.18 Å². The Balaban J connectivity index is 2.65. The second-order valence-electron chi connectivity index (χ2n) is 4.53. The summed E-state index contributed by atoms with van der Waals surface area (Å²) in [4.78, 5) is 19.9. The zero-order valence-corrected chi connectivity index (χ0v) is 12.3. The van der Waals surface area contributed by atoms with Gasteiger partial charge in [0, 0.05) is 22.8 Å². The fourth-order valence-electron chi connectivity index (χ4n) is 1.87. The van der Waals surface area contributed by atoms with Crippen LogP contribution in [-0.2, 0) is 6.18 Å². The summed E-state index contributed by atoms with van der Waals surface area (Å²) in [6.07, 6.45) is -4.96. The molecule has 2 aromatic carbocycles. The molecular weight excluding hydrogens is 355 g/mol. The predicted molar refractivity (Wildman–Crippen MR) is 79.5 cm³/mol. The van der Waals surface area contributed by atoms with Crippen molar-refractivity contribution in [2.75, 3.05) is 5.32 Å². The number of nitrogens with one attached hydrogen (secondary N) is 1. The molecule has 7 nitrogen and oxygen atoms in total. The molecule has 0 unspecified atom stereocenters. The Hall–Kier alpha value is -2.88. The second-order valence-corrected chi connectivity index (χ2v) is 4.97. The van der Waals surface area contributed by atoms with Crippen LogP contribution in [0.15, 0.2) is 36.4 Å². The van der Waals surface area contributed by atoms with Gasteiger partial charge in [0.15, 0.2) is 5.69 Å². The topological polar surface area (TPSA) is 98.3 Å². The number of nitrogens with zero attached hydrogens (tertiary/aromatic N) is 2. The van der Waals surface area contributed by atoms with Gasteiger partial charge in [-0.15, -0.1) is 0 Å². The first-order valence-corrected chi connectivity index (χ1v) is 6.54. The average Bonchev–Trinajstić information content (AvgIpc) is 2.48. The third-order valence-electron chi connectivity index (χ3n) is 2.93. The van der Waals surface area contributed by atoms with Crippen molar-refractivity contribution in [3.8, 4) is 0 Å². The maximum atomic E-state index is 12.8. The standard InChI is InChI=1S/C13H7ClF3N3O4/c14-8-1-3-9(4-2-8)18-12-10(19(21)22)5-7(13(15,16)17)6-11(12)20(23)24/h1-6,18H. The molecule has 24 heavy (non-hydrogen) atoms. The van der Waals surface area contributed by atoms with Crippen molar-refractivity contribution >= 4 is 34.4 Å². The lowest BCUT2D eigenvalue weighted by Gasteiger charge is -2.11. The zero-order valence-electron chi connectivity index (χ0n) is 11.5. The Labute approximate surface area is 137 Å². The molecular formula is C13H7ClF3N3O4. The summed E-state index contributed by atoms with van der Waals surface area (Å²) in [6, 6.07) is 6.04. The van der Waals surface area contributed by atoms with Crippen LogP contribution >= 0.6 is 11.6 Å². The van der Waals surface area contributed by atoms with E-state index >= 15 is 0 Å². The molecule has 126 valence electrons. The maximum absolute atomic E-state index is 12.8. The van der Waals surface area contributed by atoms with E-state index in [9.17, 15) is 33.4 Å². The van der Waals surface area contributed by atoms with E-state index in [0.717, 1.165) is 0 Å². The normalized spacial score (nSPS) is 11.2. The number of hydrogen-bond donors (Lipinski definition) is 1. The van der Waals surface area contributed by atoms with Crippen LogP contribution in [0.2, 0.25) is 5.02 Å². The van der Waals surface area contributed by atoms with E-state index in [2.05, 4.69) is 5.32 Å². The van der Waals surface area contributed by atoms with Gasteiger partial charge in [-0.1, -0.05) is 11.6 Å². The summed E-state index contributed by atoms with van der Waals surface area (Å²) in [6.45, 7) is 0. The van der Waals surface area contributed by atoms with Crippen LogP contribution in [0.3, 0.4) is 0 Å². The molecule has 0 aliphatic heterocycles. The number of benzene rings is 2. The zero-order chi connectivity index (χ0) is 18.1. The van der Waals surface area contributed by atoms with Gasteiger partial charge in [-0.25, -0.2) is 0 Å². The van der Waals surface area contributed by atoms with Crippen LogP contribution in [0.5, 0.6) is 0 Å². The van der Waals surface area contributed by atoms with Gasteiger partial charge in [-0.2, -0.15) is 13.2 Å². The number of alkyl halides is 3. The molecule has 0 radical (unpaired) electrons. The van der Waals surface area contributed by atoms with E-state index in [1.165, 1.54) is 24.3 Å². The number of anilines is 2. The molecule has 0 bridgehead atoms. The predicted octanol–water partition coefficient (Wildman–Crippen LogP) is 4.92. The van der Waals surface area contributed by atoms with Gasteiger partial charge in [0.25, 0.3) is 11.4 Å². The van der Waals surface area contributed by atoms with E-state index < -0.39 is 38.6 Å². The van der Waals surface area contributed by atoms with Crippen LogP contribution in [0.4, 0.5) is 35.9 Å². The maximum Gasteiger partial charge on any atom is 0.416 e. The summed E-state index contributed by atoms with van der Waals surface area (Å²) in [5.41, 5.74) is -4.08. The fourth-order valence-corrected chi connectivity index (χ4v) is 2.00. The molecule has 0 saturated heterocycles. The monoisotopic (exact) mass is 361 g/mol. The molecule has 0 heterocycles. The highest BCUT2D eigenvalue weighted by atomic mass is 35.5. The van der Waals surface area contributed by atoms with E-state index in [4.69, 9.17) is 11.6 Å². The van der Waals surface area contributed by atoms with Crippen molar-refractivity contribution in [1.29, 1.82) is 0 Å². The van der Waals surface area contributed by atoms with E-state index in [1.807, 2.05) is 0 Å². The number of nitro benzene ring substituents is 2. The van der Waals surface area contributed by atoms with Gasteiger partial charge in [0.1, 0.15) is 0 Å². The highest BCUT2D eigenvalue weighted by Gasteiger charge is 2.37. The number of hydrogen-bond acceptors (Lipinski definition) is 5. The van der Waals surface area contributed by atoms with Gasteiger partial charge >= 0.3 is 6.18 Å². The first-order valence-electron chi connectivity index (χ1n) is 6.16. The first kappa shape index (κ1) is 17.5. The van der Waals surface area contributed by atoms with E-state index in [-0.39, 0.29) is 17.8 Å². The Kier molecular flexibility index (Phi) is 4.60. The minimum atomic E-state index is -4.96. The van der Waals surface area contributed by atoms with Crippen LogP contribution in [0.25, 0.3) is 0 Å². The molecule has 0 atom stereocenters. The molecule has 0 spiro atoms. The molecule has 11 heteroatoms. The molecule has 0 aliphatic carbocycles. The Morgan fingerprint density at radius 2 is 1.42 bits per heavy atom. The lowest BCUT2D eigenvalue weighted by Crippen LogP contribution is -2.09. The molecule has 1 N–H and O–H groups in total. The van der Waals surface area contributed by atoms with Crippen LogP contribution < -0.4 is 5.32 Å². The van der Waals surface area contributed by atoms with Gasteiger partial charge < -0.3 is 5.32 Å². The largest absolute Gasteiger partial charge is 0.416 e. The van der Waals surface area contributed by atoms with Gasteiger partial charge in [0.05, 0.1) is 15.4 Å². The minimum absolute atomic E-state index is 0.186. The summed E-state index contributed by atoms with van der Waals surface area (Å²) in [7, 11) is 0. The molecule has 2 rings (SSSR count). The number of halogens is 4. The van der Waals surface area contributed by atoms with Crippen molar-refractivity contribution in [3.05, 3.63) is 67.2 Å². The first-order chi connectivity index (χ1) is 11.1. The third kappa shape index (κ3) is 3.71. The summed E-state index contributed by atoms with van der Waals surface area (Å²) >= 11 is 5.68. The Morgan fingerprint density at radius 1 is 0.958 bits per heavy atom. The van der Waals surface area contributed by atoms with Crippen molar-refractivity contribution in [2.24, 2.45) is 0 Å². The van der Waals surface area contributed by atoms with E-state index in [0.29, 0.717) is 5.02 Å². The average molecular weight is 362 g/mol. The van der Waals surface area contributed by atoms with Gasteiger partial charge in [-0.05, 0) is 24.3 Å². The molecule has 0 aliphatic rings. The van der Waals surface area contributed by atoms with Crippen molar-refractivity contribution < 1.29 is 23.0 Å². The highest BCUT2D eigenvalue weighted by molar-refractivity contribution is 6.30. The smallest absolute Gasteiger partial charge is 0.344 e. The van der Waals surface area contributed by atoms with Crippen LogP contribution in [0, 0.1) is 20.2 Å². The molecule has 0 saturated carbocycles. The van der Waals surface area contributed by atoms with E-state index in [1.54, 1.807) is 0 Å². The quantitative estimate of drug-likeness (QED) is 0.615. The minimum Gasteiger partial charge on any atom is -0.344 e. The Morgan fingerprint density at radius 3 is 1.79 bits per heavy atom. The Bertz CT molecular complexity index is 774. The van der Waals surface area contributed by atoms with Crippen molar-refractivity contribution in [1.82, 2.24) is 0 Å². The van der Waals surface area contributed by atoms with Crippen LogP contribution in [-0.4, -0.2) is 9.85 Å². The van der Waals surface area contributed by atoms with Crippen molar-refractivity contribution in [3.63, 3.8) is 0 Å². The lowest BCUT2D eigenvalue weighted by atomic mass is 10.1. The van der Waals surface area contributed by atoms with Gasteiger partial charge in [-0.3, -0.25) is 20.2 Å². The molecule has 0 aromatic heterocycles. The number of nitro groups is 2. The summed E-state index contributed by atoms with van der Waals surface area (Å²) in [5.74, 6) is 0. The fraction of sp³-hybridized carbons (Fsp3) is 0.0769. The van der Waals surface area contributed by atoms with Gasteiger partial charge in [0.2, 0.25) is 0 Å².